The number of rotatable bonds is 4. The maximum atomic E-state index is 12.1. The summed E-state index contributed by atoms with van der Waals surface area (Å²) >= 11 is 1.60. The second-order valence-electron chi connectivity index (χ2n) is 5.07. The Bertz CT molecular complexity index is 445. The van der Waals surface area contributed by atoms with Gasteiger partial charge in [-0.05, 0) is 11.6 Å². The Kier molecular flexibility index (Phi) is 4.67. The molecule has 0 aromatic carbocycles. The molecular formula is C14H20N2O3S. The van der Waals surface area contributed by atoms with Crippen molar-refractivity contribution in [3.63, 3.8) is 0 Å². The summed E-state index contributed by atoms with van der Waals surface area (Å²) in [5, 5.41) is 3.00. The lowest BCUT2D eigenvalue weighted by Crippen LogP contribution is -2.41. The third-order valence-electron chi connectivity index (χ3n) is 3.67. The molecule has 2 aliphatic rings. The fourth-order valence-electron chi connectivity index (χ4n) is 2.50. The van der Waals surface area contributed by atoms with E-state index in [1.807, 2.05) is 6.07 Å². The first-order valence-corrected chi connectivity index (χ1v) is 7.92. The largest absolute Gasteiger partial charge is 0.379 e. The Hall–Kier alpha value is -0.950. The number of ether oxygens (including phenoxy) is 2. The van der Waals surface area contributed by atoms with Crippen molar-refractivity contribution in [2.45, 2.75) is 13.0 Å². The topological polar surface area (TPSA) is 50.8 Å². The Morgan fingerprint density at radius 2 is 2.15 bits per heavy atom. The number of carbonyl (C=O) groups is 1. The maximum Gasteiger partial charge on any atom is 0.261 e. The van der Waals surface area contributed by atoms with Crippen molar-refractivity contribution >= 4 is 17.2 Å². The van der Waals surface area contributed by atoms with Gasteiger partial charge in [-0.2, -0.15) is 0 Å². The molecule has 1 aromatic rings. The van der Waals surface area contributed by atoms with E-state index in [0.29, 0.717) is 13.2 Å². The molecule has 20 heavy (non-hydrogen) atoms. The van der Waals surface area contributed by atoms with Crippen LogP contribution in [0.4, 0.5) is 0 Å². The standard InChI is InChI=1S/C14H20N2O3S/c17-14(15-2-3-16-4-7-18-8-5-16)13-9-11-10-19-6-1-12(11)20-13/h9H,1-8,10H2,(H,15,17). The molecule has 110 valence electrons. The molecule has 1 amide bonds. The van der Waals surface area contributed by atoms with Crippen LogP contribution in [0.1, 0.15) is 20.1 Å². The third kappa shape index (κ3) is 3.38. The van der Waals surface area contributed by atoms with Gasteiger partial charge in [-0.15, -0.1) is 11.3 Å². The van der Waals surface area contributed by atoms with Crippen LogP contribution >= 0.6 is 11.3 Å². The van der Waals surface area contributed by atoms with Crippen molar-refractivity contribution in [2.75, 3.05) is 46.0 Å². The first kappa shape index (κ1) is 14.0. The molecule has 0 spiro atoms. The van der Waals surface area contributed by atoms with Crippen LogP contribution in [0, 0.1) is 0 Å². The van der Waals surface area contributed by atoms with Gasteiger partial charge in [0, 0.05) is 37.5 Å². The Morgan fingerprint density at radius 1 is 1.30 bits per heavy atom. The van der Waals surface area contributed by atoms with Gasteiger partial charge >= 0.3 is 0 Å². The highest BCUT2D eigenvalue weighted by Gasteiger charge is 2.17. The first-order chi connectivity index (χ1) is 9.83. The molecule has 1 fully saturated rings. The third-order valence-corrected chi connectivity index (χ3v) is 4.90. The summed E-state index contributed by atoms with van der Waals surface area (Å²) in [6, 6.07) is 1.98. The van der Waals surface area contributed by atoms with E-state index in [1.165, 1.54) is 10.4 Å². The number of amides is 1. The van der Waals surface area contributed by atoms with Crippen molar-refractivity contribution < 1.29 is 14.3 Å². The zero-order valence-corrected chi connectivity index (χ0v) is 12.3. The second-order valence-corrected chi connectivity index (χ2v) is 6.21. The minimum Gasteiger partial charge on any atom is -0.379 e. The van der Waals surface area contributed by atoms with Crippen LogP contribution in [0.2, 0.25) is 0 Å². The highest BCUT2D eigenvalue weighted by Crippen LogP contribution is 2.26. The van der Waals surface area contributed by atoms with E-state index in [4.69, 9.17) is 9.47 Å². The molecule has 0 bridgehead atoms. The van der Waals surface area contributed by atoms with Gasteiger partial charge in [0.1, 0.15) is 0 Å². The molecule has 0 radical (unpaired) electrons. The fourth-order valence-corrected chi connectivity index (χ4v) is 3.56. The number of hydrogen-bond donors (Lipinski definition) is 1. The molecule has 6 heteroatoms. The van der Waals surface area contributed by atoms with Crippen LogP contribution in [-0.4, -0.2) is 56.8 Å². The van der Waals surface area contributed by atoms with Gasteiger partial charge in [0.2, 0.25) is 0 Å². The van der Waals surface area contributed by atoms with E-state index in [0.717, 1.165) is 50.8 Å². The van der Waals surface area contributed by atoms with E-state index >= 15 is 0 Å². The number of nitrogens with zero attached hydrogens (tertiary/aromatic N) is 1. The number of nitrogens with one attached hydrogen (secondary N) is 1. The van der Waals surface area contributed by atoms with Gasteiger partial charge in [0.15, 0.2) is 0 Å². The summed E-state index contributed by atoms with van der Waals surface area (Å²) in [5.41, 5.74) is 1.18. The molecule has 0 saturated carbocycles. The Labute approximate surface area is 122 Å². The highest BCUT2D eigenvalue weighted by atomic mass is 32.1. The van der Waals surface area contributed by atoms with Crippen molar-refractivity contribution in [1.82, 2.24) is 10.2 Å². The van der Waals surface area contributed by atoms with E-state index < -0.39 is 0 Å². The van der Waals surface area contributed by atoms with Crippen LogP contribution in [-0.2, 0) is 22.5 Å². The van der Waals surface area contributed by atoms with E-state index in [-0.39, 0.29) is 5.91 Å². The average molecular weight is 296 g/mol. The zero-order chi connectivity index (χ0) is 13.8. The number of carbonyl (C=O) groups excluding carboxylic acids is 1. The van der Waals surface area contributed by atoms with Gasteiger partial charge in [0.05, 0.1) is 31.3 Å². The van der Waals surface area contributed by atoms with Crippen molar-refractivity contribution in [3.8, 4) is 0 Å². The summed E-state index contributed by atoms with van der Waals surface area (Å²) < 4.78 is 10.7. The lowest BCUT2D eigenvalue weighted by molar-refractivity contribution is 0.0383. The predicted molar refractivity (Wildman–Crippen MR) is 77.3 cm³/mol. The lowest BCUT2D eigenvalue weighted by atomic mass is 10.2. The van der Waals surface area contributed by atoms with Crippen molar-refractivity contribution in [1.29, 1.82) is 0 Å². The van der Waals surface area contributed by atoms with Crippen LogP contribution in [0.15, 0.2) is 6.07 Å². The quantitative estimate of drug-likeness (QED) is 0.896. The van der Waals surface area contributed by atoms with E-state index in [1.54, 1.807) is 11.3 Å². The molecule has 1 saturated heterocycles. The summed E-state index contributed by atoms with van der Waals surface area (Å²) in [6.45, 7) is 6.51. The van der Waals surface area contributed by atoms with Gasteiger partial charge in [0.25, 0.3) is 5.91 Å². The molecule has 0 atom stereocenters. The summed E-state index contributed by atoms with van der Waals surface area (Å²) in [5.74, 6) is 0.0395. The molecule has 1 N–H and O–H groups in total. The average Bonchev–Trinajstić information content (AvgIpc) is 2.92. The Balaban J connectivity index is 1.47. The van der Waals surface area contributed by atoms with Crippen LogP contribution in [0.25, 0.3) is 0 Å². The van der Waals surface area contributed by atoms with Crippen LogP contribution in [0.3, 0.4) is 0 Å². The molecule has 2 aliphatic heterocycles. The number of fused-ring (bicyclic) bond motifs is 1. The molecule has 5 nitrogen and oxygen atoms in total. The number of hydrogen-bond acceptors (Lipinski definition) is 5. The first-order valence-electron chi connectivity index (χ1n) is 7.10. The molecular weight excluding hydrogens is 276 g/mol. The monoisotopic (exact) mass is 296 g/mol. The minimum absolute atomic E-state index is 0.0395. The van der Waals surface area contributed by atoms with Crippen LogP contribution < -0.4 is 5.32 Å². The summed E-state index contributed by atoms with van der Waals surface area (Å²) in [7, 11) is 0. The van der Waals surface area contributed by atoms with Crippen LogP contribution in [0.5, 0.6) is 0 Å². The summed E-state index contributed by atoms with van der Waals surface area (Å²) in [4.78, 5) is 16.5. The van der Waals surface area contributed by atoms with E-state index in [9.17, 15) is 4.79 Å². The molecule has 1 aromatic heterocycles. The van der Waals surface area contributed by atoms with Crippen molar-refractivity contribution in [2.24, 2.45) is 0 Å². The number of morpholine rings is 1. The molecule has 3 rings (SSSR count). The normalized spacial score (nSPS) is 19.6. The zero-order valence-electron chi connectivity index (χ0n) is 11.5. The van der Waals surface area contributed by atoms with Gasteiger partial charge in [-0.25, -0.2) is 0 Å². The Morgan fingerprint density at radius 3 is 2.95 bits per heavy atom. The molecule has 0 unspecified atom stereocenters. The van der Waals surface area contributed by atoms with Gasteiger partial charge in [-0.1, -0.05) is 0 Å². The molecule has 3 heterocycles. The SMILES string of the molecule is O=C(NCCN1CCOCC1)c1cc2c(s1)CCOC2. The minimum atomic E-state index is 0.0395. The van der Waals surface area contributed by atoms with E-state index in [2.05, 4.69) is 10.2 Å². The highest BCUT2D eigenvalue weighted by molar-refractivity contribution is 7.14. The smallest absolute Gasteiger partial charge is 0.261 e. The lowest BCUT2D eigenvalue weighted by Gasteiger charge is -2.26. The van der Waals surface area contributed by atoms with Crippen molar-refractivity contribution in [3.05, 3.63) is 21.4 Å². The maximum absolute atomic E-state index is 12.1. The van der Waals surface area contributed by atoms with Gasteiger partial charge in [-0.3, -0.25) is 9.69 Å². The second kappa shape index (κ2) is 6.67. The number of thiophene rings is 1. The molecule has 0 aliphatic carbocycles. The fraction of sp³-hybridized carbons (Fsp3) is 0.643. The summed E-state index contributed by atoms with van der Waals surface area (Å²) in [6.07, 6.45) is 0.932. The van der Waals surface area contributed by atoms with Gasteiger partial charge < -0.3 is 14.8 Å². The predicted octanol–water partition coefficient (Wildman–Crippen LogP) is 0.883.